The van der Waals surface area contributed by atoms with Gasteiger partial charge >= 0.3 is 0 Å². The first-order valence-corrected chi connectivity index (χ1v) is 33.7. The van der Waals surface area contributed by atoms with Crippen LogP contribution < -0.4 is 6.15 Å². The van der Waals surface area contributed by atoms with Crippen LogP contribution in [0.25, 0.3) is 154 Å². The van der Waals surface area contributed by atoms with Gasteiger partial charge in [-0.05, 0) is 95.6 Å². The minimum atomic E-state index is 0. The van der Waals surface area contributed by atoms with Crippen molar-refractivity contribution >= 4 is 120 Å². The Morgan fingerprint density at radius 3 is 1.07 bits per heavy atom. The van der Waals surface area contributed by atoms with Gasteiger partial charge in [-0.25, -0.2) is 15.0 Å². The number of benzene rings is 15. The predicted molar refractivity (Wildman–Crippen MR) is 423 cm³/mol. The summed E-state index contributed by atoms with van der Waals surface area (Å²) in [7, 11) is 4.19. The third kappa shape index (κ3) is 11.5. The minimum Gasteiger partial charge on any atom is -0.344 e. The van der Waals surface area contributed by atoms with Gasteiger partial charge in [0.05, 0.1) is 49.7 Å². The summed E-state index contributed by atoms with van der Waals surface area (Å²) in [5, 5.41) is 16.1. The summed E-state index contributed by atoms with van der Waals surface area (Å²) in [6, 6.07) is 114. The fraction of sp³-hybridized carbons (Fsp3) is 0.0549. The zero-order valence-corrected chi connectivity index (χ0v) is 56.5. The summed E-state index contributed by atoms with van der Waals surface area (Å²) < 4.78 is 8.98. The zero-order valence-electron chi connectivity index (χ0n) is 56.5. The normalized spacial score (nSPS) is 11.2. The Hall–Kier alpha value is -12.8. The van der Waals surface area contributed by atoms with E-state index in [1.807, 2.05) is 42.6 Å². The monoisotopic (exact) mass is 1290 g/mol. The largest absolute Gasteiger partial charge is 0.344 e. The number of pyridine rings is 1. The highest BCUT2D eigenvalue weighted by atomic mass is 15.1. The number of fused-ring (bicyclic) bond motifs is 21. The Kier molecular flexibility index (Phi) is 17.3. The summed E-state index contributed by atoms with van der Waals surface area (Å²) in [6.07, 6.45) is 1.84. The first-order valence-electron chi connectivity index (χ1n) is 33.7. The molecule has 20 aromatic rings. The van der Waals surface area contributed by atoms with Gasteiger partial charge in [-0.2, -0.15) is 0 Å². The van der Waals surface area contributed by atoms with Gasteiger partial charge in [0, 0.05) is 80.5 Å². The second-order valence-corrected chi connectivity index (χ2v) is 25.1. The molecule has 0 saturated heterocycles. The average Bonchev–Trinajstić information content (AvgIpc) is 1.54. The second-order valence-electron chi connectivity index (χ2n) is 25.1. The van der Waals surface area contributed by atoms with E-state index < -0.39 is 0 Å². The molecule has 5 aromatic heterocycles. The molecule has 9 heteroatoms. The molecule has 0 unspecified atom stereocenters. The van der Waals surface area contributed by atoms with Crippen LogP contribution in [0.15, 0.2) is 334 Å². The van der Waals surface area contributed by atoms with Gasteiger partial charge in [0.15, 0.2) is 0 Å². The molecule has 0 fully saturated rings. The summed E-state index contributed by atoms with van der Waals surface area (Å²) >= 11 is 0. The van der Waals surface area contributed by atoms with Gasteiger partial charge in [-0.3, -0.25) is 14.1 Å². The maximum atomic E-state index is 5.23. The van der Waals surface area contributed by atoms with Gasteiger partial charge in [0.1, 0.15) is 17.5 Å². The Labute approximate surface area is 580 Å². The van der Waals surface area contributed by atoms with Crippen molar-refractivity contribution < 1.29 is 0 Å². The first kappa shape index (κ1) is 63.2. The van der Waals surface area contributed by atoms with Crippen molar-refractivity contribution in [2.24, 2.45) is 14.1 Å². The highest BCUT2D eigenvalue weighted by Gasteiger charge is 2.22. The van der Waals surface area contributed by atoms with Crippen molar-refractivity contribution in [1.82, 2.24) is 44.4 Å². The third-order valence-corrected chi connectivity index (χ3v) is 19.0. The average molecular weight is 1290 g/mol. The molecule has 3 N–H and O–H groups in total. The molecule has 5 heterocycles. The Bertz CT molecular complexity index is 6240. The lowest BCUT2D eigenvalue weighted by atomic mass is 10.00. The second kappa shape index (κ2) is 27.4. The van der Waals surface area contributed by atoms with E-state index in [-0.39, 0.29) is 6.15 Å². The van der Waals surface area contributed by atoms with Crippen LogP contribution in [-0.4, -0.2) is 38.2 Å². The quantitative estimate of drug-likeness (QED) is 0.177. The van der Waals surface area contributed by atoms with Crippen molar-refractivity contribution in [3.05, 3.63) is 351 Å². The fourth-order valence-electron chi connectivity index (χ4n) is 14.3. The number of aromatic nitrogens is 8. The molecule has 15 aromatic carbocycles. The molecular formula is C91H73N9. The first-order chi connectivity index (χ1) is 48.8. The molecule has 0 spiro atoms. The Morgan fingerprint density at radius 2 is 0.580 bits per heavy atom. The van der Waals surface area contributed by atoms with Crippen molar-refractivity contribution in [2.45, 2.75) is 20.8 Å². The summed E-state index contributed by atoms with van der Waals surface area (Å²) in [5.41, 5.74) is 17.4. The molecule has 20 rings (SSSR count). The van der Waals surface area contributed by atoms with Crippen LogP contribution in [0.4, 0.5) is 0 Å². The van der Waals surface area contributed by atoms with E-state index in [0.29, 0.717) is 0 Å². The van der Waals surface area contributed by atoms with Gasteiger partial charge in [0.2, 0.25) is 0 Å². The highest BCUT2D eigenvalue weighted by Crippen LogP contribution is 2.41. The molecule has 0 amide bonds. The van der Waals surface area contributed by atoms with E-state index in [4.69, 9.17) is 15.0 Å². The Morgan fingerprint density at radius 1 is 0.240 bits per heavy atom. The van der Waals surface area contributed by atoms with E-state index in [1.165, 1.54) is 103 Å². The predicted octanol–water partition coefficient (Wildman–Crippen LogP) is 23.4. The molecule has 0 aliphatic carbocycles. The topological polar surface area (TPSA) is 106 Å². The van der Waals surface area contributed by atoms with E-state index in [0.717, 1.165) is 67.6 Å². The molecule has 0 aliphatic rings. The van der Waals surface area contributed by atoms with Gasteiger partial charge < -0.3 is 15.3 Å². The van der Waals surface area contributed by atoms with Gasteiger partial charge in [0.25, 0.3) is 0 Å². The molecule has 0 saturated carbocycles. The molecule has 100 heavy (non-hydrogen) atoms. The van der Waals surface area contributed by atoms with Gasteiger partial charge in [-0.1, -0.05) is 296 Å². The Balaban J connectivity index is 0.000000107. The number of imidazole rings is 3. The van der Waals surface area contributed by atoms with Crippen molar-refractivity contribution in [2.75, 3.05) is 0 Å². The fourth-order valence-corrected chi connectivity index (χ4v) is 14.3. The lowest BCUT2D eigenvalue weighted by Gasteiger charge is -2.12. The number of aryl methyl sites for hydroxylation is 5. The number of para-hydroxylation sites is 3. The summed E-state index contributed by atoms with van der Waals surface area (Å²) in [5.74, 6) is 2.99. The maximum Gasteiger partial charge on any atom is 0.145 e. The highest BCUT2D eigenvalue weighted by molar-refractivity contribution is 6.26. The molecule has 0 radical (unpaired) electrons. The van der Waals surface area contributed by atoms with Crippen LogP contribution in [0, 0.1) is 20.8 Å². The van der Waals surface area contributed by atoms with E-state index in [1.54, 1.807) is 0 Å². The summed E-state index contributed by atoms with van der Waals surface area (Å²) in [6.45, 7) is 6.28. The lowest BCUT2D eigenvalue weighted by molar-refractivity contribution is 0.962. The molecule has 0 bridgehead atoms. The smallest absolute Gasteiger partial charge is 0.145 e. The number of rotatable bonds is 4. The van der Waals surface area contributed by atoms with Crippen molar-refractivity contribution in [1.29, 1.82) is 0 Å². The molecule has 0 atom stereocenters. The van der Waals surface area contributed by atoms with E-state index in [2.05, 4.69) is 349 Å². The third-order valence-electron chi connectivity index (χ3n) is 19.0. The molecule has 0 aliphatic heterocycles. The van der Waals surface area contributed by atoms with Gasteiger partial charge in [-0.15, -0.1) is 0 Å². The molecular weight excluding hydrogens is 1220 g/mol. The van der Waals surface area contributed by atoms with Crippen LogP contribution in [0.3, 0.4) is 0 Å². The van der Waals surface area contributed by atoms with Crippen molar-refractivity contribution in [3.63, 3.8) is 0 Å². The van der Waals surface area contributed by atoms with Crippen LogP contribution >= 0.6 is 0 Å². The number of hydrogen-bond donors (Lipinski definition) is 1. The number of hydrogen-bond acceptors (Lipinski definition) is 5. The molecule has 482 valence electrons. The van der Waals surface area contributed by atoms with E-state index >= 15 is 0 Å². The van der Waals surface area contributed by atoms with Crippen LogP contribution in [0.5, 0.6) is 0 Å². The number of nitrogens with zero attached hydrogens (tertiary/aromatic N) is 8. The zero-order chi connectivity index (χ0) is 66.9. The minimum absolute atomic E-state index is 0. The maximum absolute atomic E-state index is 5.23. The van der Waals surface area contributed by atoms with E-state index in [9.17, 15) is 0 Å². The molecule has 9 nitrogen and oxygen atoms in total. The standard InChI is InChI=1S/C28H20N2.2C22H16N2.C12H10N2.C7H8.H3N/c1-19-15-17-20(18-16-19)28-29-26-24-13-7-5-11-22(24)23-12-6-8-14-25(23)27(26)30(28)21-9-3-2-4-10-21;1-24-21-19-14-8-6-12-17(19)16-11-5-7-13-18(16)20(21)23-22(24)15-9-3-2-4-10-15;1-15-23-21-19-13-7-5-11-17(19)18-12-6-8-14-20(18)22(21)24(15)16-9-3-2-4-10-16;1-14-10-6-3-2-5-9(10)12-11(14)7-4-8-13-12;1-7-5-3-2-4-6-7;/h2-18H,1H3;2*2-14H,1H3;2-8H,1H3;2-6H,1H3;1H3. The van der Waals surface area contributed by atoms with Crippen LogP contribution in [0.2, 0.25) is 0 Å². The van der Waals surface area contributed by atoms with Crippen LogP contribution in [0.1, 0.15) is 17.0 Å². The lowest BCUT2D eigenvalue weighted by Crippen LogP contribution is -1.98. The SMILES string of the molecule is Cc1ccc(-c2nc3c4ccccc4c4ccccc4c3n2-c2ccccc2)cc1.Cc1ccccc1.Cc1nc2c3ccccc3c3ccccc3c2n1-c1ccccc1.Cn1c(-c2ccccc2)nc2c3ccccc3c3ccccc3c21.Cn1c2ccccc2c2ncccc21.N. The van der Waals surface area contributed by atoms with Crippen LogP contribution in [-0.2, 0) is 14.1 Å². The van der Waals surface area contributed by atoms with Crippen molar-refractivity contribution in [3.8, 4) is 34.2 Å². The summed E-state index contributed by atoms with van der Waals surface area (Å²) in [4.78, 5) is 19.6.